The highest BCUT2D eigenvalue weighted by atomic mass is 35.5. The lowest BCUT2D eigenvalue weighted by molar-refractivity contribution is -0.145. The van der Waals surface area contributed by atoms with E-state index in [1.165, 1.54) is 0 Å². The first-order chi connectivity index (χ1) is 7.52. The van der Waals surface area contributed by atoms with Crippen LogP contribution in [0.15, 0.2) is 12.3 Å². The third-order valence-corrected chi connectivity index (χ3v) is 3.31. The van der Waals surface area contributed by atoms with E-state index < -0.39 is 14.6 Å². The Balaban J connectivity index is 2.31. The maximum Gasteiger partial charge on any atom is 0.397 e. The molecule has 0 aliphatic carbocycles. The summed E-state index contributed by atoms with van der Waals surface area (Å²) in [5.41, 5.74) is 0. The Morgan fingerprint density at radius 2 is 2.44 bits per heavy atom. The zero-order valence-corrected chi connectivity index (χ0v) is 10.8. The van der Waals surface area contributed by atoms with E-state index in [0.717, 1.165) is 0 Å². The molecule has 16 heavy (non-hydrogen) atoms. The monoisotopic (exact) mass is 268 g/mol. The van der Waals surface area contributed by atoms with Crippen molar-refractivity contribution in [3.05, 3.63) is 12.3 Å². The largest absolute Gasteiger partial charge is 0.456 e. The second-order valence-electron chi connectivity index (χ2n) is 3.32. The first-order valence-electron chi connectivity index (χ1n) is 4.76. The van der Waals surface area contributed by atoms with Gasteiger partial charge in [0.25, 0.3) is 0 Å². The Labute approximate surface area is 101 Å². The summed E-state index contributed by atoms with van der Waals surface area (Å²) >= 11 is 5.50. The van der Waals surface area contributed by atoms with Gasteiger partial charge < -0.3 is 9.26 Å². The fourth-order valence-corrected chi connectivity index (χ4v) is 1.99. The molecule has 1 heterocycles. The van der Waals surface area contributed by atoms with Crippen LogP contribution in [0.5, 0.6) is 0 Å². The summed E-state index contributed by atoms with van der Waals surface area (Å²) in [7, 11) is -1.52. The van der Waals surface area contributed by atoms with Crippen molar-refractivity contribution in [3.8, 4) is 0 Å². The molecule has 1 fully saturated rings. The lowest BCUT2D eigenvalue weighted by Gasteiger charge is -2.13. The molecule has 7 heteroatoms. The zero-order chi connectivity index (χ0) is 12.1. The van der Waals surface area contributed by atoms with E-state index in [0.29, 0.717) is 6.61 Å². The SMILES string of the molecule is C=C(OP1OCC(C)O1)C(=O)OC(C)CCl. The van der Waals surface area contributed by atoms with Crippen molar-refractivity contribution in [1.82, 2.24) is 0 Å². The van der Waals surface area contributed by atoms with Crippen molar-refractivity contribution in [2.75, 3.05) is 12.5 Å². The highest BCUT2D eigenvalue weighted by Gasteiger charge is 2.29. The molecule has 0 radical (unpaired) electrons. The van der Waals surface area contributed by atoms with Crippen LogP contribution in [0.4, 0.5) is 0 Å². The molecule has 0 aromatic heterocycles. The number of rotatable bonds is 5. The molecule has 3 unspecified atom stereocenters. The van der Waals surface area contributed by atoms with Crippen LogP contribution in [-0.4, -0.2) is 30.7 Å². The number of alkyl halides is 1. The molecule has 92 valence electrons. The molecular weight excluding hydrogens is 255 g/mol. The first kappa shape index (κ1) is 13.7. The van der Waals surface area contributed by atoms with Gasteiger partial charge in [-0.3, -0.25) is 9.05 Å². The summed E-state index contributed by atoms with van der Waals surface area (Å²) < 4.78 is 20.4. The molecule has 1 aliphatic heterocycles. The third kappa shape index (κ3) is 4.26. The molecule has 0 N–H and O–H groups in total. The van der Waals surface area contributed by atoms with Gasteiger partial charge in [-0.25, -0.2) is 4.79 Å². The van der Waals surface area contributed by atoms with Crippen molar-refractivity contribution in [3.63, 3.8) is 0 Å². The zero-order valence-electron chi connectivity index (χ0n) is 9.14. The number of hydrogen-bond donors (Lipinski definition) is 0. The number of esters is 1. The van der Waals surface area contributed by atoms with E-state index in [9.17, 15) is 4.79 Å². The van der Waals surface area contributed by atoms with Gasteiger partial charge in [0.2, 0.25) is 5.76 Å². The molecule has 0 spiro atoms. The molecule has 1 saturated heterocycles. The Morgan fingerprint density at radius 1 is 1.75 bits per heavy atom. The van der Waals surface area contributed by atoms with Crippen molar-refractivity contribution in [2.24, 2.45) is 0 Å². The lowest BCUT2D eigenvalue weighted by atomic mass is 10.4. The highest BCUT2D eigenvalue weighted by molar-refractivity contribution is 7.42. The molecule has 3 atom stereocenters. The highest BCUT2D eigenvalue weighted by Crippen LogP contribution is 2.47. The molecule has 0 bridgehead atoms. The van der Waals surface area contributed by atoms with Gasteiger partial charge in [0.1, 0.15) is 6.10 Å². The second-order valence-corrected chi connectivity index (χ2v) is 4.73. The minimum atomic E-state index is -1.52. The molecule has 0 saturated carbocycles. The summed E-state index contributed by atoms with van der Waals surface area (Å²) in [6.45, 7) is 7.42. The second kappa shape index (κ2) is 6.40. The third-order valence-electron chi connectivity index (χ3n) is 1.62. The minimum absolute atomic E-state index is 0.0308. The van der Waals surface area contributed by atoms with E-state index in [4.69, 9.17) is 29.9 Å². The van der Waals surface area contributed by atoms with Crippen LogP contribution in [0.3, 0.4) is 0 Å². The predicted octanol–water partition coefficient (Wildman–Crippen LogP) is 2.35. The molecular formula is C9H14ClO5P. The van der Waals surface area contributed by atoms with Gasteiger partial charge >= 0.3 is 14.6 Å². The fraction of sp³-hybridized carbons (Fsp3) is 0.667. The number of ether oxygens (including phenoxy) is 1. The van der Waals surface area contributed by atoms with Crippen LogP contribution in [0.2, 0.25) is 0 Å². The van der Waals surface area contributed by atoms with Crippen LogP contribution >= 0.6 is 20.2 Å². The van der Waals surface area contributed by atoms with Gasteiger partial charge in [0.15, 0.2) is 0 Å². The van der Waals surface area contributed by atoms with E-state index in [-0.39, 0.29) is 23.8 Å². The van der Waals surface area contributed by atoms with Gasteiger partial charge in [-0.15, -0.1) is 11.6 Å². The average molecular weight is 269 g/mol. The molecule has 1 aliphatic rings. The number of halogens is 1. The van der Waals surface area contributed by atoms with Gasteiger partial charge in [-0.1, -0.05) is 0 Å². The van der Waals surface area contributed by atoms with E-state index in [1.54, 1.807) is 6.92 Å². The van der Waals surface area contributed by atoms with Gasteiger partial charge in [-0.2, -0.15) is 0 Å². The summed E-state index contributed by atoms with van der Waals surface area (Å²) in [4.78, 5) is 11.4. The van der Waals surface area contributed by atoms with Crippen LogP contribution in [0, 0.1) is 0 Å². The van der Waals surface area contributed by atoms with E-state index in [2.05, 4.69) is 6.58 Å². The maximum atomic E-state index is 11.4. The van der Waals surface area contributed by atoms with Crippen LogP contribution < -0.4 is 0 Å². The number of hydrogen-bond acceptors (Lipinski definition) is 5. The first-order valence-corrected chi connectivity index (χ1v) is 6.39. The molecule has 1 rings (SSSR count). The fourth-order valence-electron chi connectivity index (χ4n) is 0.829. The summed E-state index contributed by atoms with van der Waals surface area (Å²) in [5.74, 6) is -0.558. The van der Waals surface area contributed by atoms with Crippen molar-refractivity contribution < 1.29 is 23.1 Å². The van der Waals surface area contributed by atoms with Crippen molar-refractivity contribution in [1.29, 1.82) is 0 Å². The van der Waals surface area contributed by atoms with E-state index in [1.807, 2.05) is 6.92 Å². The molecule has 0 amide bonds. The summed E-state index contributed by atoms with van der Waals surface area (Å²) in [6.07, 6.45) is -0.414. The summed E-state index contributed by atoms with van der Waals surface area (Å²) in [5, 5.41) is 0. The smallest absolute Gasteiger partial charge is 0.397 e. The average Bonchev–Trinajstić information content (AvgIpc) is 2.63. The molecule has 0 aromatic carbocycles. The molecule has 0 aromatic rings. The topological polar surface area (TPSA) is 54.0 Å². The van der Waals surface area contributed by atoms with Crippen molar-refractivity contribution in [2.45, 2.75) is 26.1 Å². The van der Waals surface area contributed by atoms with Crippen LogP contribution in [0.1, 0.15) is 13.8 Å². The number of carbonyl (C=O) groups is 1. The van der Waals surface area contributed by atoms with Gasteiger partial charge in [0.05, 0.1) is 18.6 Å². The Morgan fingerprint density at radius 3 is 2.94 bits per heavy atom. The normalized spacial score (nSPS) is 26.2. The Bertz CT molecular complexity index is 273. The molecule has 5 nitrogen and oxygen atoms in total. The van der Waals surface area contributed by atoms with Crippen LogP contribution in [-0.2, 0) is 23.1 Å². The lowest BCUT2D eigenvalue weighted by Crippen LogP contribution is -2.17. The summed E-state index contributed by atoms with van der Waals surface area (Å²) in [6, 6.07) is 0. The van der Waals surface area contributed by atoms with E-state index >= 15 is 0 Å². The van der Waals surface area contributed by atoms with Gasteiger partial charge in [0, 0.05) is 0 Å². The quantitative estimate of drug-likeness (QED) is 0.252. The predicted molar refractivity (Wildman–Crippen MR) is 59.9 cm³/mol. The minimum Gasteiger partial charge on any atom is -0.456 e. The maximum absolute atomic E-state index is 11.4. The number of carbonyl (C=O) groups excluding carboxylic acids is 1. The Hall–Kier alpha value is -0.350. The standard InChI is InChI=1S/C9H14ClO5P/c1-6(4-10)13-9(11)8(3)15-16-12-5-7(2)14-16/h6-7H,3-5H2,1-2H3. The van der Waals surface area contributed by atoms with Gasteiger partial charge in [-0.05, 0) is 20.4 Å². The van der Waals surface area contributed by atoms with Crippen LogP contribution in [0.25, 0.3) is 0 Å². The Kier molecular flexibility index (Phi) is 5.49. The van der Waals surface area contributed by atoms with Crippen molar-refractivity contribution >= 4 is 26.2 Å².